The standard InChI is InChI=1S/C23H19N5O.CH4/c1-29-20-10-9-16(15-6-3-2-4-7-15)12-19(20)28-23-21-17(18-8-5-11-24-18)13-25-22(21)26-14-27-23;/h2-10,12-14H,11H2,1H3,(H2,25,26,27,28);1H4. The molecule has 0 atom stereocenters. The number of allylic oxidation sites excluding steroid dienone is 1. The van der Waals surface area contributed by atoms with Gasteiger partial charge in [0.05, 0.1) is 30.4 Å². The lowest BCUT2D eigenvalue weighted by atomic mass is 10.0. The van der Waals surface area contributed by atoms with Gasteiger partial charge in [0.2, 0.25) is 0 Å². The Morgan fingerprint density at radius 1 is 1.03 bits per heavy atom. The minimum absolute atomic E-state index is 0. The molecule has 0 amide bonds. The van der Waals surface area contributed by atoms with Crippen LogP contribution >= 0.6 is 0 Å². The number of aliphatic imine (C=N–C) groups is 1. The van der Waals surface area contributed by atoms with Crippen LogP contribution in [0.4, 0.5) is 11.5 Å². The SMILES string of the molecule is C.COc1ccc(-c2ccccc2)cc1Nc1ncnc2[nH]cc(C3=NCC=C3)c12. The summed E-state index contributed by atoms with van der Waals surface area (Å²) in [5.41, 5.74) is 5.74. The number of aromatic nitrogens is 3. The molecule has 0 spiro atoms. The van der Waals surface area contributed by atoms with Gasteiger partial charge in [0.15, 0.2) is 0 Å². The number of ether oxygens (including phenoxy) is 1. The normalized spacial score (nSPS) is 12.5. The van der Waals surface area contributed by atoms with Crippen molar-refractivity contribution < 1.29 is 4.74 Å². The number of nitrogens with zero attached hydrogens (tertiary/aromatic N) is 3. The van der Waals surface area contributed by atoms with Crippen LogP contribution in [0.25, 0.3) is 22.2 Å². The fraction of sp³-hybridized carbons (Fsp3) is 0.125. The van der Waals surface area contributed by atoms with Crippen LogP contribution in [-0.4, -0.2) is 34.3 Å². The largest absolute Gasteiger partial charge is 0.495 e. The molecule has 2 aromatic heterocycles. The van der Waals surface area contributed by atoms with Crippen LogP contribution in [0.15, 0.2) is 78.2 Å². The number of anilines is 2. The molecule has 0 saturated heterocycles. The first-order valence-electron chi connectivity index (χ1n) is 9.37. The average Bonchev–Trinajstić information content (AvgIpc) is 3.44. The third-order valence-electron chi connectivity index (χ3n) is 4.95. The molecular formula is C24H23N5O. The van der Waals surface area contributed by atoms with Gasteiger partial charge in [-0.3, -0.25) is 4.99 Å². The number of fused-ring (bicyclic) bond motifs is 1. The molecule has 4 aromatic rings. The van der Waals surface area contributed by atoms with Crippen LogP contribution in [0.3, 0.4) is 0 Å². The molecule has 3 heterocycles. The molecule has 6 heteroatoms. The summed E-state index contributed by atoms with van der Waals surface area (Å²) in [6, 6.07) is 16.3. The lowest BCUT2D eigenvalue weighted by Crippen LogP contribution is -2.01. The zero-order valence-electron chi connectivity index (χ0n) is 15.9. The number of benzene rings is 2. The third kappa shape index (κ3) is 3.43. The van der Waals surface area contributed by atoms with Crippen LogP contribution in [0.5, 0.6) is 5.75 Å². The van der Waals surface area contributed by atoms with Gasteiger partial charge in [-0.2, -0.15) is 0 Å². The minimum Gasteiger partial charge on any atom is -0.495 e. The molecule has 5 rings (SSSR count). The maximum Gasteiger partial charge on any atom is 0.144 e. The van der Waals surface area contributed by atoms with Crippen molar-refractivity contribution in [1.29, 1.82) is 0 Å². The van der Waals surface area contributed by atoms with Crippen molar-refractivity contribution >= 4 is 28.3 Å². The van der Waals surface area contributed by atoms with E-state index < -0.39 is 0 Å². The summed E-state index contributed by atoms with van der Waals surface area (Å²) in [7, 11) is 1.66. The smallest absolute Gasteiger partial charge is 0.144 e. The van der Waals surface area contributed by atoms with Crippen molar-refractivity contribution in [3.63, 3.8) is 0 Å². The van der Waals surface area contributed by atoms with E-state index in [1.807, 2.05) is 42.6 Å². The van der Waals surface area contributed by atoms with Crippen molar-refractivity contribution in [2.75, 3.05) is 19.0 Å². The number of H-pyrrole nitrogens is 1. The Balaban J connectivity index is 0.00000218. The van der Waals surface area contributed by atoms with Crippen LogP contribution in [0.1, 0.15) is 13.0 Å². The third-order valence-corrected chi connectivity index (χ3v) is 4.95. The zero-order valence-corrected chi connectivity index (χ0v) is 15.9. The van der Waals surface area contributed by atoms with Crippen molar-refractivity contribution in [1.82, 2.24) is 15.0 Å². The van der Waals surface area contributed by atoms with Crippen LogP contribution in [-0.2, 0) is 0 Å². The molecule has 0 fully saturated rings. The molecule has 0 bridgehead atoms. The van der Waals surface area contributed by atoms with Gasteiger partial charge in [-0.1, -0.05) is 49.9 Å². The van der Waals surface area contributed by atoms with Gasteiger partial charge in [0, 0.05) is 11.8 Å². The van der Waals surface area contributed by atoms with E-state index in [4.69, 9.17) is 4.74 Å². The lowest BCUT2D eigenvalue weighted by molar-refractivity contribution is 0.417. The van der Waals surface area contributed by atoms with Gasteiger partial charge < -0.3 is 15.0 Å². The monoisotopic (exact) mass is 397 g/mol. The van der Waals surface area contributed by atoms with E-state index in [-0.39, 0.29) is 7.43 Å². The number of aromatic amines is 1. The highest BCUT2D eigenvalue weighted by atomic mass is 16.5. The van der Waals surface area contributed by atoms with Gasteiger partial charge in [-0.15, -0.1) is 0 Å². The van der Waals surface area contributed by atoms with E-state index >= 15 is 0 Å². The molecule has 6 nitrogen and oxygen atoms in total. The molecule has 0 unspecified atom stereocenters. The number of methoxy groups -OCH3 is 1. The Morgan fingerprint density at radius 3 is 2.67 bits per heavy atom. The molecule has 2 N–H and O–H groups in total. The Hall–Kier alpha value is -3.93. The Bertz CT molecular complexity index is 1240. The van der Waals surface area contributed by atoms with E-state index in [1.54, 1.807) is 13.4 Å². The highest BCUT2D eigenvalue weighted by molar-refractivity contribution is 6.19. The summed E-state index contributed by atoms with van der Waals surface area (Å²) in [4.78, 5) is 16.6. The highest BCUT2D eigenvalue weighted by Crippen LogP contribution is 2.34. The summed E-state index contributed by atoms with van der Waals surface area (Å²) in [5.74, 6) is 1.45. The van der Waals surface area contributed by atoms with Crippen LogP contribution in [0.2, 0.25) is 0 Å². The van der Waals surface area contributed by atoms with E-state index in [1.165, 1.54) is 0 Å². The summed E-state index contributed by atoms with van der Waals surface area (Å²) < 4.78 is 5.58. The first-order chi connectivity index (χ1) is 14.3. The fourth-order valence-electron chi connectivity index (χ4n) is 3.55. The van der Waals surface area contributed by atoms with Gasteiger partial charge in [0.25, 0.3) is 0 Å². The molecule has 0 radical (unpaired) electrons. The van der Waals surface area contributed by atoms with E-state index in [0.29, 0.717) is 12.4 Å². The molecular weight excluding hydrogens is 374 g/mol. The Kier molecular flexibility index (Phi) is 5.30. The topological polar surface area (TPSA) is 75.2 Å². The van der Waals surface area contributed by atoms with Gasteiger partial charge in [-0.25, -0.2) is 9.97 Å². The molecule has 0 aliphatic carbocycles. The average molecular weight is 397 g/mol. The fourth-order valence-corrected chi connectivity index (χ4v) is 3.55. The van der Waals surface area contributed by atoms with Gasteiger partial charge in [0.1, 0.15) is 23.5 Å². The van der Waals surface area contributed by atoms with E-state index in [0.717, 1.165) is 44.9 Å². The maximum atomic E-state index is 5.58. The maximum absolute atomic E-state index is 5.58. The molecule has 1 aliphatic heterocycles. The van der Waals surface area contributed by atoms with Gasteiger partial charge in [-0.05, 0) is 29.3 Å². The predicted octanol–water partition coefficient (Wildman–Crippen LogP) is 5.37. The lowest BCUT2D eigenvalue weighted by Gasteiger charge is -2.14. The van der Waals surface area contributed by atoms with Crippen molar-refractivity contribution in [3.8, 4) is 16.9 Å². The molecule has 2 aromatic carbocycles. The van der Waals surface area contributed by atoms with Crippen LogP contribution in [0, 0.1) is 0 Å². The molecule has 0 saturated carbocycles. The van der Waals surface area contributed by atoms with E-state index in [2.05, 4.69) is 49.5 Å². The van der Waals surface area contributed by atoms with Crippen molar-refractivity contribution in [2.24, 2.45) is 4.99 Å². The zero-order chi connectivity index (χ0) is 19.6. The van der Waals surface area contributed by atoms with Crippen molar-refractivity contribution in [2.45, 2.75) is 7.43 Å². The predicted molar refractivity (Wildman–Crippen MR) is 123 cm³/mol. The molecule has 1 aliphatic rings. The molecule has 30 heavy (non-hydrogen) atoms. The first kappa shape index (κ1) is 19.4. The quantitative estimate of drug-likeness (QED) is 0.475. The number of hydrogen-bond donors (Lipinski definition) is 2. The molecule has 150 valence electrons. The first-order valence-corrected chi connectivity index (χ1v) is 9.37. The highest BCUT2D eigenvalue weighted by Gasteiger charge is 2.17. The summed E-state index contributed by atoms with van der Waals surface area (Å²) in [6.07, 6.45) is 7.54. The van der Waals surface area contributed by atoms with Crippen molar-refractivity contribution in [3.05, 3.63) is 78.8 Å². The van der Waals surface area contributed by atoms with Gasteiger partial charge >= 0.3 is 0 Å². The number of nitrogens with one attached hydrogen (secondary N) is 2. The minimum atomic E-state index is 0. The summed E-state index contributed by atoms with van der Waals surface area (Å²) in [6.45, 7) is 0.700. The summed E-state index contributed by atoms with van der Waals surface area (Å²) >= 11 is 0. The second kappa shape index (κ2) is 8.21. The Labute approximate surface area is 175 Å². The Morgan fingerprint density at radius 2 is 1.90 bits per heavy atom. The number of rotatable bonds is 5. The van der Waals surface area contributed by atoms with Crippen LogP contribution < -0.4 is 10.1 Å². The number of hydrogen-bond acceptors (Lipinski definition) is 5. The van der Waals surface area contributed by atoms with E-state index in [9.17, 15) is 0 Å². The summed E-state index contributed by atoms with van der Waals surface area (Å²) in [5, 5.41) is 4.36. The second-order valence-electron chi connectivity index (χ2n) is 6.68. The second-order valence-corrected chi connectivity index (χ2v) is 6.68.